The Morgan fingerprint density at radius 2 is 1.58 bits per heavy atom. The minimum Gasteiger partial charge on any atom is -0.482 e. The van der Waals surface area contributed by atoms with E-state index in [-0.39, 0.29) is 43.9 Å². The van der Waals surface area contributed by atoms with Gasteiger partial charge in [0.15, 0.2) is 20.5 Å². The van der Waals surface area contributed by atoms with E-state index >= 15 is 4.79 Å². The Balaban J connectivity index is 1.33. The van der Waals surface area contributed by atoms with Crippen molar-refractivity contribution in [1.29, 1.82) is 0 Å². The van der Waals surface area contributed by atoms with Gasteiger partial charge in [-0.05, 0) is 61.1 Å². The van der Waals surface area contributed by atoms with Gasteiger partial charge in [-0.1, -0.05) is 67.6 Å². The standard InChI is InChI=1S/C39H41N3O7Si/c1-26-37(50(2,3)47)34(23-35(44)40(20-21-43)24-27-12-6-4-7-13-27)49-39(26)30-22-29(41-32-16-10-11-17-33(32)48-25-36(41)45)18-19-31(30)42(38(39)46)28-14-8-5-9-15-28/h4-19,22,26,34,37,43,47H,20-21,23-25H2,1-3H3/t26-,34+,37-,39+/m1/s1. The Morgan fingerprint density at radius 3 is 2.28 bits per heavy atom. The number of ether oxygens (including phenoxy) is 2. The fourth-order valence-electron chi connectivity index (χ4n) is 8.07. The fraction of sp³-hybridized carbons (Fsp3) is 0.308. The molecule has 258 valence electrons. The third-order valence-electron chi connectivity index (χ3n) is 10.2. The molecule has 0 saturated carbocycles. The summed E-state index contributed by atoms with van der Waals surface area (Å²) in [5, 5.41) is 9.87. The fourth-order valence-corrected chi connectivity index (χ4v) is 10.6. The summed E-state index contributed by atoms with van der Waals surface area (Å²) in [7, 11) is -3.09. The molecule has 3 heterocycles. The van der Waals surface area contributed by atoms with Crippen molar-refractivity contribution in [2.24, 2.45) is 5.92 Å². The predicted octanol–water partition coefficient (Wildman–Crippen LogP) is 5.63. The van der Waals surface area contributed by atoms with Crippen LogP contribution in [-0.2, 0) is 31.3 Å². The predicted molar refractivity (Wildman–Crippen MR) is 192 cm³/mol. The van der Waals surface area contributed by atoms with Crippen molar-refractivity contribution in [1.82, 2.24) is 4.90 Å². The number of fused-ring (bicyclic) bond motifs is 3. The molecule has 4 atom stereocenters. The number of hydrogen-bond acceptors (Lipinski definition) is 7. The molecule has 0 radical (unpaired) electrons. The number of para-hydroxylation sites is 3. The Labute approximate surface area is 292 Å². The molecule has 10 nitrogen and oxygen atoms in total. The maximum absolute atomic E-state index is 15.0. The molecule has 1 fully saturated rings. The lowest BCUT2D eigenvalue weighted by Gasteiger charge is -2.33. The van der Waals surface area contributed by atoms with Crippen LogP contribution in [0.15, 0.2) is 103 Å². The Morgan fingerprint density at radius 1 is 0.900 bits per heavy atom. The molecule has 50 heavy (non-hydrogen) atoms. The van der Waals surface area contributed by atoms with Gasteiger partial charge >= 0.3 is 0 Å². The van der Waals surface area contributed by atoms with Crippen LogP contribution in [0.2, 0.25) is 18.6 Å². The third kappa shape index (κ3) is 5.69. The van der Waals surface area contributed by atoms with Gasteiger partial charge in [-0.2, -0.15) is 0 Å². The van der Waals surface area contributed by atoms with Crippen molar-refractivity contribution in [2.75, 3.05) is 29.6 Å². The highest BCUT2D eigenvalue weighted by molar-refractivity contribution is 6.71. The summed E-state index contributed by atoms with van der Waals surface area (Å²) in [5.74, 6) is -0.767. The Kier molecular flexibility index (Phi) is 8.85. The van der Waals surface area contributed by atoms with Crippen LogP contribution in [0.3, 0.4) is 0 Å². The third-order valence-corrected chi connectivity index (χ3v) is 12.7. The summed E-state index contributed by atoms with van der Waals surface area (Å²) >= 11 is 0. The van der Waals surface area contributed by atoms with E-state index in [1.165, 1.54) is 0 Å². The van der Waals surface area contributed by atoms with Crippen LogP contribution in [0.25, 0.3) is 0 Å². The normalized spacial score (nSPS) is 22.8. The van der Waals surface area contributed by atoms with Crippen molar-refractivity contribution in [3.05, 3.63) is 114 Å². The summed E-state index contributed by atoms with van der Waals surface area (Å²) in [4.78, 5) is 59.1. The zero-order chi connectivity index (χ0) is 35.2. The molecule has 3 aliphatic heterocycles. The second-order valence-electron chi connectivity index (χ2n) is 13.8. The number of anilines is 4. The van der Waals surface area contributed by atoms with E-state index in [2.05, 4.69) is 0 Å². The highest BCUT2D eigenvalue weighted by Crippen LogP contribution is 2.61. The molecule has 3 amide bonds. The molecule has 7 rings (SSSR count). The van der Waals surface area contributed by atoms with Gasteiger partial charge in [-0.15, -0.1) is 0 Å². The molecule has 4 aromatic carbocycles. The first-order chi connectivity index (χ1) is 24.0. The van der Waals surface area contributed by atoms with Gasteiger partial charge < -0.3 is 24.3 Å². The molecule has 11 heteroatoms. The van der Waals surface area contributed by atoms with Gasteiger partial charge in [0.2, 0.25) is 5.91 Å². The topological polar surface area (TPSA) is 120 Å². The van der Waals surface area contributed by atoms with E-state index < -0.39 is 31.5 Å². The molecular weight excluding hydrogens is 651 g/mol. The second kappa shape index (κ2) is 13.1. The Bertz CT molecular complexity index is 1920. The lowest BCUT2D eigenvalue weighted by atomic mass is 9.82. The smallest absolute Gasteiger partial charge is 0.269 e. The average molecular weight is 692 g/mol. The number of carbonyl (C=O) groups is 3. The van der Waals surface area contributed by atoms with E-state index in [4.69, 9.17) is 9.47 Å². The van der Waals surface area contributed by atoms with Crippen LogP contribution in [0.5, 0.6) is 5.75 Å². The SMILES string of the molecule is C[C@@H]1[C@@H]([Si](C)(C)O)[C@H](CC(=O)N(CCO)Cc2ccccc2)O[C@@]12C(=O)N(c1ccccc1)c1ccc(N3C(=O)COc4ccccc43)cc12. The van der Waals surface area contributed by atoms with Gasteiger partial charge in [0.1, 0.15) is 5.75 Å². The van der Waals surface area contributed by atoms with Gasteiger partial charge in [0, 0.05) is 41.5 Å². The molecule has 4 aromatic rings. The van der Waals surface area contributed by atoms with Crippen LogP contribution in [0, 0.1) is 5.92 Å². The van der Waals surface area contributed by atoms with Gasteiger partial charge in [0.05, 0.1) is 30.5 Å². The molecule has 0 unspecified atom stereocenters. The van der Waals surface area contributed by atoms with E-state index in [1.54, 1.807) is 14.7 Å². The second-order valence-corrected chi connectivity index (χ2v) is 17.7. The van der Waals surface area contributed by atoms with Crippen LogP contribution >= 0.6 is 0 Å². The highest BCUT2D eigenvalue weighted by Gasteiger charge is 2.67. The van der Waals surface area contributed by atoms with E-state index in [0.29, 0.717) is 40.6 Å². The van der Waals surface area contributed by atoms with Crippen LogP contribution in [0.1, 0.15) is 24.5 Å². The molecule has 3 aliphatic rings. The minimum atomic E-state index is -3.09. The molecule has 0 aromatic heterocycles. The van der Waals surface area contributed by atoms with Crippen molar-refractivity contribution in [2.45, 2.75) is 50.2 Å². The number of aliphatic hydroxyl groups excluding tert-OH is 1. The van der Waals surface area contributed by atoms with Crippen molar-refractivity contribution >= 4 is 48.8 Å². The first-order valence-electron chi connectivity index (χ1n) is 17.0. The molecule has 0 aliphatic carbocycles. The van der Waals surface area contributed by atoms with Crippen molar-refractivity contribution < 1.29 is 33.8 Å². The summed E-state index contributed by atoms with van der Waals surface area (Å²) in [6.07, 6.45) is -0.869. The lowest BCUT2D eigenvalue weighted by molar-refractivity contribution is -0.149. The maximum Gasteiger partial charge on any atom is 0.269 e. The Hall–Kier alpha value is -4.81. The number of rotatable bonds is 9. The number of benzene rings is 4. The maximum atomic E-state index is 15.0. The van der Waals surface area contributed by atoms with Crippen molar-refractivity contribution in [3.63, 3.8) is 0 Å². The molecule has 1 saturated heterocycles. The lowest BCUT2D eigenvalue weighted by Crippen LogP contribution is -2.45. The first kappa shape index (κ1) is 33.7. The largest absolute Gasteiger partial charge is 0.482 e. The average Bonchev–Trinajstić information content (AvgIpc) is 3.54. The monoisotopic (exact) mass is 691 g/mol. The molecule has 2 N–H and O–H groups in total. The highest BCUT2D eigenvalue weighted by atomic mass is 28.4. The number of amides is 3. The summed E-state index contributed by atoms with van der Waals surface area (Å²) in [6.45, 7) is 5.65. The number of nitrogens with zero attached hydrogens (tertiary/aromatic N) is 3. The number of hydrogen-bond donors (Lipinski definition) is 2. The number of aliphatic hydroxyl groups is 1. The van der Waals surface area contributed by atoms with E-state index in [9.17, 15) is 19.5 Å². The van der Waals surface area contributed by atoms with Gasteiger partial charge in [0.25, 0.3) is 11.8 Å². The van der Waals surface area contributed by atoms with Crippen LogP contribution in [-0.4, -0.2) is 66.7 Å². The quantitative estimate of drug-likeness (QED) is 0.219. The van der Waals surface area contributed by atoms with Crippen molar-refractivity contribution in [3.8, 4) is 5.75 Å². The van der Waals surface area contributed by atoms with Crippen LogP contribution < -0.4 is 14.5 Å². The summed E-state index contributed by atoms with van der Waals surface area (Å²) in [6, 6.07) is 31.7. The first-order valence-corrected chi connectivity index (χ1v) is 20.0. The van der Waals surface area contributed by atoms with E-state index in [1.807, 2.05) is 123 Å². The summed E-state index contributed by atoms with van der Waals surface area (Å²) in [5.41, 5.74) is 1.85. The molecule has 1 spiro atoms. The summed E-state index contributed by atoms with van der Waals surface area (Å²) < 4.78 is 12.7. The van der Waals surface area contributed by atoms with Crippen LogP contribution in [0.4, 0.5) is 22.7 Å². The van der Waals surface area contributed by atoms with E-state index in [0.717, 1.165) is 5.56 Å². The van der Waals surface area contributed by atoms with Gasteiger partial charge in [-0.25, -0.2) is 0 Å². The minimum absolute atomic E-state index is 0.0798. The molecular formula is C39H41N3O7Si. The zero-order valence-corrected chi connectivity index (χ0v) is 29.4. The van der Waals surface area contributed by atoms with Gasteiger partial charge in [-0.3, -0.25) is 24.2 Å². The number of carbonyl (C=O) groups excluding carboxylic acids is 3. The zero-order valence-electron chi connectivity index (χ0n) is 28.4. The molecule has 0 bridgehead atoms.